The second-order valence-corrected chi connectivity index (χ2v) is 3.41. The standard InChI is InChI=1S/C10H12ClNO2/c1-7-3-4-8(9(11)5-7)6-10(13)12-14-2/h3-5H,6H2,1-2H3,(H,12,13). The van der Waals surface area contributed by atoms with Gasteiger partial charge in [0.05, 0.1) is 13.5 Å². The fourth-order valence-electron chi connectivity index (χ4n) is 1.12. The number of aryl methyl sites for hydroxylation is 1. The van der Waals surface area contributed by atoms with E-state index in [0.717, 1.165) is 11.1 Å². The van der Waals surface area contributed by atoms with E-state index in [1.165, 1.54) is 7.11 Å². The first-order valence-corrected chi connectivity index (χ1v) is 4.58. The molecule has 0 bridgehead atoms. The zero-order valence-corrected chi connectivity index (χ0v) is 8.89. The van der Waals surface area contributed by atoms with E-state index in [2.05, 4.69) is 10.3 Å². The Bertz CT molecular complexity index is 339. The number of nitrogens with one attached hydrogen (secondary N) is 1. The maximum absolute atomic E-state index is 11.2. The normalized spacial score (nSPS) is 9.93. The third kappa shape index (κ3) is 3.01. The van der Waals surface area contributed by atoms with E-state index in [-0.39, 0.29) is 12.3 Å². The highest BCUT2D eigenvalue weighted by atomic mass is 35.5. The second-order valence-electron chi connectivity index (χ2n) is 3.00. The summed E-state index contributed by atoms with van der Waals surface area (Å²) >= 11 is 5.95. The van der Waals surface area contributed by atoms with Crippen LogP contribution in [0.25, 0.3) is 0 Å². The lowest BCUT2D eigenvalue weighted by Crippen LogP contribution is -2.23. The molecule has 0 aliphatic heterocycles. The van der Waals surface area contributed by atoms with Gasteiger partial charge in [0.1, 0.15) is 0 Å². The van der Waals surface area contributed by atoms with Gasteiger partial charge in [0.2, 0.25) is 5.91 Å². The number of benzene rings is 1. The Hall–Kier alpha value is -1.06. The fraction of sp³-hybridized carbons (Fsp3) is 0.300. The molecule has 0 atom stereocenters. The third-order valence-electron chi connectivity index (χ3n) is 1.78. The van der Waals surface area contributed by atoms with Gasteiger partial charge in [-0.25, -0.2) is 5.48 Å². The van der Waals surface area contributed by atoms with Gasteiger partial charge in [0.25, 0.3) is 0 Å². The predicted molar refractivity (Wildman–Crippen MR) is 55.0 cm³/mol. The van der Waals surface area contributed by atoms with Crippen molar-refractivity contribution in [3.05, 3.63) is 34.3 Å². The van der Waals surface area contributed by atoms with Gasteiger partial charge in [-0.3, -0.25) is 9.63 Å². The van der Waals surface area contributed by atoms with Gasteiger partial charge in [-0.2, -0.15) is 0 Å². The van der Waals surface area contributed by atoms with Gasteiger partial charge in [-0.05, 0) is 24.1 Å². The van der Waals surface area contributed by atoms with Gasteiger partial charge in [0, 0.05) is 5.02 Å². The molecule has 0 saturated carbocycles. The Balaban J connectivity index is 2.72. The first-order valence-electron chi connectivity index (χ1n) is 4.20. The largest absolute Gasteiger partial charge is 0.277 e. The molecule has 1 N–H and O–H groups in total. The number of hydroxylamine groups is 1. The molecular weight excluding hydrogens is 202 g/mol. The first kappa shape index (κ1) is 11.0. The quantitative estimate of drug-likeness (QED) is 0.779. The molecule has 4 heteroatoms. The van der Waals surface area contributed by atoms with Crippen LogP contribution in [0, 0.1) is 6.92 Å². The van der Waals surface area contributed by atoms with E-state index >= 15 is 0 Å². The highest BCUT2D eigenvalue weighted by Crippen LogP contribution is 2.17. The summed E-state index contributed by atoms with van der Waals surface area (Å²) in [5, 5.41) is 0.608. The van der Waals surface area contributed by atoms with E-state index in [4.69, 9.17) is 11.6 Å². The van der Waals surface area contributed by atoms with Gasteiger partial charge >= 0.3 is 0 Å². The molecule has 3 nitrogen and oxygen atoms in total. The van der Waals surface area contributed by atoms with E-state index < -0.39 is 0 Å². The molecular formula is C10H12ClNO2. The van der Waals surface area contributed by atoms with Crippen molar-refractivity contribution in [2.24, 2.45) is 0 Å². The molecule has 0 spiro atoms. The molecule has 0 saturated heterocycles. The van der Waals surface area contributed by atoms with Crippen LogP contribution in [0.15, 0.2) is 18.2 Å². The summed E-state index contributed by atoms with van der Waals surface area (Å²) in [6, 6.07) is 5.59. The number of halogens is 1. The van der Waals surface area contributed by atoms with Crippen molar-refractivity contribution >= 4 is 17.5 Å². The number of carbonyl (C=O) groups is 1. The van der Waals surface area contributed by atoms with E-state index in [1.54, 1.807) is 0 Å². The Morgan fingerprint density at radius 1 is 1.57 bits per heavy atom. The Kier molecular flexibility index (Phi) is 3.92. The minimum absolute atomic E-state index is 0.210. The molecule has 0 unspecified atom stereocenters. The summed E-state index contributed by atoms with van der Waals surface area (Å²) in [7, 11) is 1.40. The van der Waals surface area contributed by atoms with E-state index in [0.29, 0.717) is 5.02 Å². The summed E-state index contributed by atoms with van der Waals surface area (Å²) in [4.78, 5) is 15.7. The zero-order valence-electron chi connectivity index (χ0n) is 8.13. The zero-order chi connectivity index (χ0) is 10.6. The van der Waals surface area contributed by atoms with Crippen molar-refractivity contribution in [1.82, 2.24) is 5.48 Å². The molecule has 0 heterocycles. The van der Waals surface area contributed by atoms with Crippen LogP contribution >= 0.6 is 11.6 Å². The van der Waals surface area contributed by atoms with Crippen molar-refractivity contribution in [1.29, 1.82) is 0 Å². The summed E-state index contributed by atoms with van der Waals surface area (Å²) in [6.07, 6.45) is 0.229. The monoisotopic (exact) mass is 213 g/mol. The Morgan fingerprint density at radius 2 is 2.29 bits per heavy atom. The highest BCUT2D eigenvalue weighted by Gasteiger charge is 2.06. The van der Waals surface area contributed by atoms with Gasteiger partial charge in [-0.15, -0.1) is 0 Å². The molecule has 0 fully saturated rings. The molecule has 1 aromatic carbocycles. The van der Waals surface area contributed by atoms with Crippen LogP contribution in [0.1, 0.15) is 11.1 Å². The van der Waals surface area contributed by atoms with Crippen molar-refractivity contribution < 1.29 is 9.63 Å². The summed E-state index contributed by atoms with van der Waals surface area (Å²) < 4.78 is 0. The number of carbonyl (C=O) groups excluding carboxylic acids is 1. The maximum atomic E-state index is 11.2. The molecule has 1 rings (SSSR count). The van der Waals surface area contributed by atoms with E-state index in [9.17, 15) is 4.79 Å². The minimum atomic E-state index is -0.210. The minimum Gasteiger partial charge on any atom is -0.277 e. The molecule has 0 radical (unpaired) electrons. The summed E-state index contributed by atoms with van der Waals surface area (Å²) in [5.74, 6) is -0.210. The lowest BCUT2D eigenvalue weighted by molar-refractivity contribution is -0.130. The second kappa shape index (κ2) is 4.98. The average Bonchev–Trinajstić information content (AvgIpc) is 2.10. The number of rotatable bonds is 3. The molecule has 0 aliphatic carbocycles. The maximum Gasteiger partial charge on any atom is 0.247 e. The topological polar surface area (TPSA) is 38.3 Å². The fourth-order valence-corrected chi connectivity index (χ4v) is 1.42. The average molecular weight is 214 g/mol. The van der Waals surface area contributed by atoms with Crippen LogP contribution in [-0.4, -0.2) is 13.0 Å². The Labute approximate surface area is 88.0 Å². The van der Waals surface area contributed by atoms with Crippen LogP contribution in [0.4, 0.5) is 0 Å². The van der Waals surface area contributed by atoms with Gasteiger partial charge in [0.15, 0.2) is 0 Å². The molecule has 14 heavy (non-hydrogen) atoms. The van der Waals surface area contributed by atoms with Crippen LogP contribution in [0.3, 0.4) is 0 Å². The summed E-state index contributed by atoms with van der Waals surface area (Å²) in [5.41, 5.74) is 4.11. The lowest BCUT2D eigenvalue weighted by atomic mass is 10.1. The van der Waals surface area contributed by atoms with Crippen molar-refractivity contribution in [3.8, 4) is 0 Å². The van der Waals surface area contributed by atoms with Crippen molar-refractivity contribution in [2.45, 2.75) is 13.3 Å². The first-order chi connectivity index (χ1) is 6.63. The SMILES string of the molecule is CONC(=O)Cc1ccc(C)cc1Cl. The lowest BCUT2D eigenvalue weighted by Gasteiger charge is -2.04. The van der Waals surface area contributed by atoms with Crippen LogP contribution < -0.4 is 5.48 Å². The van der Waals surface area contributed by atoms with Crippen LogP contribution in [-0.2, 0) is 16.1 Å². The molecule has 1 aromatic rings. The summed E-state index contributed by atoms with van der Waals surface area (Å²) in [6.45, 7) is 1.95. The molecule has 76 valence electrons. The van der Waals surface area contributed by atoms with Crippen molar-refractivity contribution in [2.75, 3.05) is 7.11 Å². The van der Waals surface area contributed by atoms with Crippen LogP contribution in [0.2, 0.25) is 5.02 Å². The van der Waals surface area contributed by atoms with Crippen molar-refractivity contribution in [3.63, 3.8) is 0 Å². The molecule has 0 aliphatic rings. The third-order valence-corrected chi connectivity index (χ3v) is 2.13. The molecule has 1 amide bonds. The van der Waals surface area contributed by atoms with E-state index in [1.807, 2.05) is 25.1 Å². The van der Waals surface area contributed by atoms with Crippen LogP contribution in [0.5, 0.6) is 0 Å². The predicted octanol–water partition coefficient (Wildman–Crippen LogP) is 1.87. The highest BCUT2D eigenvalue weighted by molar-refractivity contribution is 6.31. The number of amides is 1. The van der Waals surface area contributed by atoms with Gasteiger partial charge < -0.3 is 0 Å². The smallest absolute Gasteiger partial charge is 0.247 e. The number of hydrogen-bond acceptors (Lipinski definition) is 2. The number of hydrogen-bond donors (Lipinski definition) is 1. The molecule has 0 aromatic heterocycles. The van der Waals surface area contributed by atoms with Gasteiger partial charge in [-0.1, -0.05) is 23.7 Å². The Morgan fingerprint density at radius 3 is 2.86 bits per heavy atom.